The van der Waals surface area contributed by atoms with Gasteiger partial charge in [-0.1, -0.05) is 29.8 Å². The van der Waals surface area contributed by atoms with Crippen molar-refractivity contribution in [3.63, 3.8) is 0 Å². The smallest absolute Gasteiger partial charge is 0.243 e. The Balaban J connectivity index is 1.90. The number of hydrogen-bond donors (Lipinski definition) is 0. The lowest BCUT2D eigenvalue weighted by atomic mass is 10.2. The number of oxazole rings is 1. The summed E-state index contributed by atoms with van der Waals surface area (Å²) in [5.41, 5.74) is 2.93. The molecule has 0 atom stereocenters. The molecule has 142 valence electrons. The molecule has 1 aromatic heterocycles. The number of nitrogens with zero attached hydrogens (tertiary/aromatic N) is 2. The number of sulfonamides is 1. The van der Waals surface area contributed by atoms with Gasteiger partial charge in [0.05, 0.1) is 17.1 Å². The third kappa shape index (κ3) is 4.08. The zero-order valence-electron chi connectivity index (χ0n) is 15.7. The topological polar surface area (TPSA) is 63.4 Å². The Morgan fingerprint density at radius 1 is 1.11 bits per heavy atom. The van der Waals surface area contributed by atoms with Crippen LogP contribution in [0.2, 0.25) is 5.02 Å². The summed E-state index contributed by atoms with van der Waals surface area (Å²) < 4.78 is 33.0. The van der Waals surface area contributed by atoms with E-state index < -0.39 is 10.0 Å². The van der Waals surface area contributed by atoms with Gasteiger partial charge < -0.3 is 4.42 Å². The minimum atomic E-state index is -3.64. The van der Waals surface area contributed by atoms with Crippen LogP contribution in [0.3, 0.4) is 0 Å². The molecule has 3 rings (SSSR count). The third-order valence-corrected chi connectivity index (χ3v) is 6.55. The maximum atomic E-state index is 13.0. The zero-order valence-corrected chi connectivity index (χ0v) is 17.2. The van der Waals surface area contributed by atoms with Crippen molar-refractivity contribution < 1.29 is 12.8 Å². The molecule has 5 nitrogen and oxygen atoms in total. The van der Waals surface area contributed by atoms with Crippen LogP contribution in [0.1, 0.15) is 22.6 Å². The molecule has 0 aliphatic carbocycles. The van der Waals surface area contributed by atoms with Gasteiger partial charge in [-0.3, -0.25) is 0 Å². The number of benzene rings is 2. The van der Waals surface area contributed by atoms with Crippen LogP contribution >= 0.6 is 11.6 Å². The number of hydrogen-bond acceptors (Lipinski definition) is 4. The number of halogens is 1. The molecule has 3 aromatic rings. The Bertz CT molecular complexity index is 1090. The van der Waals surface area contributed by atoms with E-state index >= 15 is 0 Å². The second-order valence-electron chi connectivity index (χ2n) is 6.56. The highest BCUT2D eigenvalue weighted by Gasteiger charge is 2.25. The van der Waals surface area contributed by atoms with Gasteiger partial charge in [-0.2, -0.15) is 4.31 Å². The molecule has 0 amide bonds. The lowest BCUT2D eigenvalue weighted by Crippen LogP contribution is -2.27. The Morgan fingerprint density at radius 3 is 2.56 bits per heavy atom. The van der Waals surface area contributed by atoms with Gasteiger partial charge in [0.25, 0.3) is 0 Å². The van der Waals surface area contributed by atoms with Crippen molar-refractivity contribution in [2.45, 2.75) is 32.2 Å². The number of aromatic nitrogens is 1. The predicted molar refractivity (Wildman–Crippen MR) is 106 cm³/mol. The first-order valence-corrected chi connectivity index (χ1v) is 10.3. The fourth-order valence-corrected chi connectivity index (χ4v) is 4.40. The highest BCUT2D eigenvalue weighted by Crippen LogP contribution is 2.26. The SMILES string of the molecule is Cc1ccc(C)c(S(=O)(=O)N(C)Cc2nc(-c3cccc(Cl)c3)oc2C)c1. The van der Waals surface area contributed by atoms with Crippen molar-refractivity contribution in [1.82, 2.24) is 9.29 Å². The average Bonchev–Trinajstić information content (AvgIpc) is 2.97. The van der Waals surface area contributed by atoms with Gasteiger partial charge in [0.1, 0.15) is 5.76 Å². The summed E-state index contributed by atoms with van der Waals surface area (Å²) in [6, 6.07) is 12.6. The fraction of sp³-hybridized carbons (Fsp3) is 0.250. The zero-order chi connectivity index (χ0) is 19.8. The Kier molecular flexibility index (Phi) is 5.42. The standard InChI is InChI=1S/C20H21ClN2O3S/c1-13-8-9-14(2)19(10-13)27(24,25)23(4)12-18-15(3)26-20(22-18)16-6-5-7-17(21)11-16/h5-11H,12H2,1-4H3. The van der Waals surface area contributed by atoms with Crippen molar-refractivity contribution in [3.05, 3.63) is 70.1 Å². The molecule has 0 bridgehead atoms. The normalized spacial score (nSPS) is 11.9. The number of aryl methyl sites for hydroxylation is 3. The molecular formula is C20H21ClN2O3S. The molecule has 7 heteroatoms. The van der Waals surface area contributed by atoms with E-state index in [1.54, 1.807) is 39.1 Å². The largest absolute Gasteiger partial charge is 0.441 e. The Hall–Kier alpha value is -2.15. The molecule has 0 saturated carbocycles. The van der Waals surface area contributed by atoms with E-state index in [-0.39, 0.29) is 6.54 Å². The maximum absolute atomic E-state index is 13.0. The van der Waals surface area contributed by atoms with Crippen LogP contribution in [0, 0.1) is 20.8 Å². The monoisotopic (exact) mass is 404 g/mol. The van der Waals surface area contributed by atoms with Crippen LogP contribution in [0.15, 0.2) is 51.8 Å². The van der Waals surface area contributed by atoms with E-state index in [2.05, 4.69) is 4.98 Å². The van der Waals surface area contributed by atoms with Crippen LogP contribution in [0.25, 0.3) is 11.5 Å². The van der Waals surface area contributed by atoms with Crippen molar-refractivity contribution >= 4 is 21.6 Å². The summed E-state index contributed by atoms with van der Waals surface area (Å²) >= 11 is 6.02. The Morgan fingerprint density at radius 2 is 1.85 bits per heavy atom. The molecular weight excluding hydrogens is 384 g/mol. The lowest BCUT2D eigenvalue weighted by molar-refractivity contribution is 0.457. The van der Waals surface area contributed by atoms with Gasteiger partial charge in [0.2, 0.25) is 15.9 Å². The van der Waals surface area contributed by atoms with Crippen LogP contribution in [-0.2, 0) is 16.6 Å². The van der Waals surface area contributed by atoms with Crippen LogP contribution in [0.4, 0.5) is 0 Å². The molecule has 0 radical (unpaired) electrons. The maximum Gasteiger partial charge on any atom is 0.243 e. The first-order valence-electron chi connectivity index (χ1n) is 8.44. The average molecular weight is 405 g/mol. The van der Waals surface area contributed by atoms with Crippen molar-refractivity contribution in [1.29, 1.82) is 0 Å². The molecule has 2 aromatic carbocycles. The van der Waals surface area contributed by atoms with Gasteiger partial charge in [-0.05, 0) is 56.2 Å². The fourth-order valence-electron chi connectivity index (χ4n) is 2.77. The van der Waals surface area contributed by atoms with Gasteiger partial charge >= 0.3 is 0 Å². The van der Waals surface area contributed by atoms with Crippen molar-refractivity contribution in [2.75, 3.05) is 7.05 Å². The predicted octanol–water partition coefficient (Wildman–Crippen LogP) is 4.74. The third-order valence-electron chi connectivity index (χ3n) is 4.37. The van der Waals surface area contributed by atoms with Crippen LogP contribution in [-0.4, -0.2) is 24.8 Å². The first-order chi connectivity index (χ1) is 12.7. The van der Waals surface area contributed by atoms with E-state index in [9.17, 15) is 8.42 Å². The molecule has 0 aliphatic rings. The van der Waals surface area contributed by atoms with Gasteiger partial charge in [-0.15, -0.1) is 0 Å². The summed E-state index contributed by atoms with van der Waals surface area (Å²) in [5.74, 6) is 0.996. The van der Waals surface area contributed by atoms with Gasteiger partial charge in [-0.25, -0.2) is 13.4 Å². The van der Waals surface area contributed by atoms with E-state index in [1.165, 1.54) is 4.31 Å². The van der Waals surface area contributed by atoms with E-state index in [0.717, 1.165) is 11.1 Å². The molecule has 0 spiro atoms. The molecule has 0 N–H and O–H groups in total. The van der Waals surface area contributed by atoms with E-state index in [4.69, 9.17) is 16.0 Å². The quantitative estimate of drug-likeness (QED) is 0.616. The van der Waals surface area contributed by atoms with Crippen molar-refractivity contribution in [3.8, 4) is 11.5 Å². The molecule has 27 heavy (non-hydrogen) atoms. The summed E-state index contributed by atoms with van der Waals surface area (Å²) in [6.45, 7) is 5.55. The second-order valence-corrected chi connectivity index (χ2v) is 9.01. The minimum absolute atomic E-state index is 0.117. The summed E-state index contributed by atoms with van der Waals surface area (Å²) in [4.78, 5) is 4.78. The first kappa shape index (κ1) is 19.6. The van der Waals surface area contributed by atoms with Crippen molar-refractivity contribution in [2.24, 2.45) is 0 Å². The Labute approximate surface area is 164 Å². The molecule has 1 heterocycles. The van der Waals surface area contributed by atoms with E-state index in [0.29, 0.717) is 32.8 Å². The minimum Gasteiger partial charge on any atom is -0.441 e. The molecule has 0 fully saturated rings. The summed E-state index contributed by atoms with van der Waals surface area (Å²) in [5, 5.41) is 0.583. The highest BCUT2D eigenvalue weighted by molar-refractivity contribution is 7.89. The van der Waals surface area contributed by atoms with Gasteiger partial charge in [0, 0.05) is 17.6 Å². The van der Waals surface area contributed by atoms with E-state index in [1.807, 2.05) is 31.2 Å². The van der Waals surface area contributed by atoms with Crippen LogP contribution < -0.4 is 0 Å². The molecule has 0 saturated heterocycles. The highest BCUT2D eigenvalue weighted by atomic mass is 35.5. The van der Waals surface area contributed by atoms with Crippen LogP contribution in [0.5, 0.6) is 0 Å². The second kappa shape index (κ2) is 7.46. The lowest BCUT2D eigenvalue weighted by Gasteiger charge is -2.18. The summed E-state index contributed by atoms with van der Waals surface area (Å²) in [7, 11) is -2.09. The molecule has 0 unspecified atom stereocenters. The summed E-state index contributed by atoms with van der Waals surface area (Å²) in [6.07, 6.45) is 0. The number of rotatable bonds is 5. The molecule has 0 aliphatic heterocycles. The van der Waals surface area contributed by atoms with Gasteiger partial charge in [0.15, 0.2) is 0 Å².